The quantitative estimate of drug-likeness (QED) is 0.271. The molecule has 3 aliphatic rings. The second-order valence-corrected chi connectivity index (χ2v) is 14.9. The van der Waals surface area contributed by atoms with Gasteiger partial charge in [0.15, 0.2) is 11.5 Å². The molecule has 1 saturated carbocycles. The Labute approximate surface area is 288 Å². The molecule has 3 aromatic rings. The van der Waals surface area contributed by atoms with Crippen molar-refractivity contribution in [3.05, 3.63) is 80.5 Å². The maximum absolute atomic E-state index is 14.2. The Hall–Kier alpha value is -3.98. The van der Waals surface area contributed by atoms with Crippen molar-refractivity contribution < 1.29 is 28.5 Å². The van der Waals surface area contributed by atoms with E-state index in [0.29, 0.717) is 54.1 Å². The van der Waals surface area contributed by atoms with E-state index in [1.165, 1.54) is 0 Å². The molecule has 10 heteroatoms. The second kappa shape index (κ2) is 13.1. The number of pyridine rings is 1. The number of hydrogen-bond donors (Lipinski definition) is 1. The van der Waals surface area contributed by atoms with E-state index in [2.05, 4.69) is 5.32 Å². The first kappa shape index (κ1) is 33.9. The van der Waals surface area contributed by atoms with E-state index in [0.717, 1.165) is 59.2 Å². The first-order valence-electron chi connectivity index (χ1n) is 16.9. The molecular weight excluding hydrogens is 630 g/mol. The van der Waals surface area contributed by atoms with Crippen molar-refractivity contribution in [2.45, 2.75) is 111 Å². The van der Waals surface area contributed by atoms with E-state index in [1.54, 1.807) is 0 Å². The molecule has 2 amide bonds. The molecule has 1 atom stereocenters. The van der Waals surface area contributed by atoms with Gasteiger partial charge in [0.1, 0.15) is 12.2 Å². The number of aromatic nitrogens is 1. The van der Waals surface area contributed by atoms with Gasteiger partial charge in [0.25, 0.3) is 11.7 Å². The van der Waals surface area contributed by atoms with E-state index < -0.39 is 17.5 Å². The number of alkyl carbamates (subject to hydrolysis) is 1. The Morgan fingerprint density at radius 2 is 1.77 bits per heavy atom. The molecule has 1 fully saturated rings. The van der Waals surface area contributed by atoms with Gasteiger partial charge in [-0.2, -0.15) is 0 Å². The molecule has 0 spiro atoms. The molecule has 48 heavy (non-hydrogen) atoms. The Morgan fingerprint density at radius 1 is 1.08 bits per heavy atom. The van der Waals surface area contributed by atoms with Crippen molar-refractivity contribution in [2.24, 2.45) is 5.92 Å². The van der Waals surface area contributed by atoms with Crippen molar-refractivity contribution in [2.75, 3.05) is 6.54 Å². The number of fused-ring (bicyclic) bond motifs is 2. The average molecular weight is 676 g/mol. The Morgan fingerprint density at radius 3 is 2.46 bits per heavy atom. The number of carbonyl (C=O) groups excluding carboxylic acids is 2. The summed E-state index contributed by atoms with van der Waals surface area (Å²) in [5, 5.41) is 3.45. The number of ether oxygens (including phenoxy) is 4. The summed E-state index contributed by atoms with van der Waals surface area (Å²) < 4.78 is 24.8. The first-order valence-corrected chi connectivity index (χ1v) is 17.3. The zero-order valence-corrected chi connectivity index (χ0v) is 29.8. The van der Waals surface area contributed by atoms with Crippen LogP contribution in [0.2, 0.25) is 5.02 Å². The Balaban J connectivity index is 1.17. The lowest BCUT2D eigenvalue weighted by atomic mass is 9.81. The monoisotopic (exact) mass is 675 g/mol. The van der Waals surface area contributed by atoms with Crippen molar-refractivity contribution in [3.8, 4) is 17.4 Å². The lowest BCUT2D eigenvalue weighted by Crippen LogP contribution is -2.48. The molecule has 2 aliphatic heterocycles. The number of benzene rings is 2. The van der Waals surface area contributed by atoms with Crippen LogP contribution in [0, 0.1) is 26.7 Å². The molecule has 1 aromatic heterocycles. The lowest BCUT2D eigenvalue weighted by molar-refractivity contribution is -0.121. The number of nitrogens with one attached hydrogen (secondary N) is 1. The smallest absolute Gasteiger partial charge is 0.407 e. The van der Waals surface area contributed by atoms with Gasteiger partial charge < -0.3 is 29.2 Å². The van der Waals surface area contributed by atoms with E-state index in [-0.39, 0.29) is 17.9 Å². The SMILES string of the molecule is Cc1cc(C)c(CN2CCc3c(Cl)c4c(c(C)c3C2=O)OC(C)([C@H]2CC[C@H](NC(=O)OC(C)(C)C)CC2)O4)c(OCc2ccccc2)n1. The zero-order chi connectivity index (χ0) is 34.4. The van der Waals surface area contributed by atoms with Crippen LogP contribution < -0.4 is 19.5 Å². The van der Waals surface area contributed by atoms with Gasteiger partial charge in [-0.3, -0.25) is 4.79 Å². The summed E-state index contributed by atoms with van der Waals surface area (Å²) >= 11 is 7.02. The first-order chi connectivity index (χ1) is 22.7. The minimum atomic E-state index is -0.935. The molecule has 6 rings (SSSR count). The number of amides is 2. The van der Waals surface area contributed by atoms with Crippen LogP contribution in [0.3, 0.4) is 0 Å². The maximum Gasteiger partial charge on any atom is 0.407 e. The summed E-state index contributed by atoms with van der Waals surface area (Å²) in [6.07, 6.45) is 3.36. The van der Waals surface area contributed by atoms with E-state index in [4.69, 9.17) is 35.5 Å². The molecule has 256 valence electrons. The highest BCUT2D eigenvalue weighted by molar-refractivity contribution is 6.34. The molecule has 0 bridgehead atoms. The van der Waals surface area contributed by atoms with Crippen LogP contribution in [-0.4, -0.2) is 45.9 Å². The summed E-state index contributed by atoms with van der Waals surface area (Å²) in [5.41, 5.74) is 5.39. The van der Waals surface area contributed by atoms with Crippen molar-refractivity contribution in [3.63, 3.8) is 0 Å². The topological polar surface area (TPSA) is 99.2 Å². The summed E-state index contributed by atoms with van der Waals surface area (Å²) in [5.74, 6) is 0.634. The molecule has 1 unspecified atom stereocenters. The molecule has 2 aromatic carbocycles. The number of nitrogens with zero attached hydrogens (tertiary/aromatic N) is 2. The number of carbonyl (C=O) groups is 2. The second-order valence-electron chi connectivity index (χ2n) is 14.5. The molecule has 0 radical (unpaired) electrons. The molecule has 0 saturated heterocycles. The Kier molecular flexibility index (Phi) is 9.28. The van der Waals surface area contributed by atoms with Gasteiger partial charge in [0.2, 0.25) is 5.88 Å². The van der Waals surface area contributed by atoms with E-state index in [9.17, 15) is 9.59 Å². The molecule has 1 N–H and O–H groups in total. The highest BCUT2D eigenvalue weighted by Crippen LogP contribution is 2.54. The van der Waals surface area contributed by atoms with Gasteiger partial charge in [0.05, 0.1) is 17.1 Å². The third kappa shape index (κ3) is 6.93. The van der Waals surface area contributed by atoms with Crippen molar-refractivity contribution in [1.29, 1.82) is 0 Å². The summed E-state index contributed by atoms with van der Waals surface area (Å²) in [4.78, 5) is 33.1. The number of hydrogen-bond acceptors (Lipinski definition) is 7. The molecule has 9 nitrogen and oxygen atoms in total. The Bertz CT molecular complexity index is 1710. The normalized spacial score (nSPS) is 21.9. The molecular formula is C38H46ClN3O6. The summed E-state index contributed by atoms with van der Waals surface area (Å²) in [6.45, 7) is 14.7. The van der Waals surface area contributed by atoms with Crippen LogP contribution in [0.25, 0.3) is 0 Å². The van der Waals surface area contributed by atoms with Gasteiger partial charge in [-0.25, -0.2) is 9.78 Å². The minimum Gasteiger partial charge on any atom is -0.473 e. The predicted octanol–water partition coefficient (Wildman–Crippen LogP) is 8.01. The zero-order valence-electron chi connectivity index (χ0n) is 29.0. The third-order valence-corrected chi connectivity index (χ3v) is 10.0. The highest BCUT2D eigenvalue weighted by atomic mass is 35.5. The lowest BCUT2D eigenvalue weighted by Gasteiger charge is -2.37. The average Bonchev–Trinajstić information content (AvgIpc) is 3.40. The summed E-state index contributed by atoms with van der Waals surface area (Å²) in [6, 6.07) is 12.0. The van der Waals surface area contributed by atoms with Crippen molar-refractivity contribution in [1.82, 2.24) is 15.2 Å². The number of halogens is 1. The number of rotatable bonds is 7. The van der Waals surface area contributed by atoms with Crippen LogP contribution in [0.5, 0.6) is 17.4 Å². The fourth-order valence-corrected chi connectivity index (χ4v) is 7.45. The minimum absolute atomic E-state index is 0.0290. The van der Waals surface area contributed by atoms with Gasteiger partial charge in [-0.05, 0) is 96.4 Å². The largest absolute Gasteiger partial charge is 0.473 e. The van der Waals surface area contributed by atoms with Gasteiger partial charge in [0, 0.05) is 42.2 Å². The number of aryl methyl sites for hydroxylation is 2. The van der Waals surface area contributed by atoms with Gasteiger partial charge in [-0.1, -0.05) is 41.9 Å². The van der Waals surface area contributed by atoms with Crippen LogP contribution in [0.4, 0.5) is 4.79 Å². The molecule has 1 aliphatic carbocycles. The van der Waals surface area contributed by atoms with E-state index >= 15 is 0 Å². The standard InChI is InChI=1S/C38H46ClN3O6/c1-22-19-23(2)40-34(45-21-25-11-9-8-10-12-25)29(22)20-42-18-17-28-30(35(42)43)24(3)32-33(31(28)39)47-38(7,46-32)26-13-15-27(16-14-26)41-36(44)48-37(4,5)6/h8-12,19,26-27H,13-18,20-21H2,1-7H3,(H,41,44)/t26-,27-,38?. The fourth-order valence-electron chi connectivity index (χ4n) is 7.14. The van der Waals surface area contributed by atoms with Gasteiger partial charge in [-0.15, -0.1) is 0 Å². The van der Waals surface area contributed by atoms with E-state index in [1.807, 2.05) is 89.8 Å². The van der Waals surface area contributed by atoms with Crippen LogP contribution in [0.1, 0.15) is 97.2 Å². The van der Waals surface area contributed by atoms with Crippen LogP contribution >= 0.6 is 11.6 Å². The maximum atomic E-state index is 14.2. The van der Waals surface area contributed by atoms with Gasteiger partial charge >= 0.3 is 6.09 Å². The van der Waals surface area contributed by atoms with Crippen LogP contribution in [-0.2, 0) is 24.3 Å². The van der Waals surface area contributed by atoms with Crippen molar-refractivity contribution >= 4 is 23.6 Å². The predicted molar refractivity (Wildman–Crippen MR) is 184 cm³/mol. The fraction of sp³-hybridized carbons (Fsp3) is 0.500. The van der Waals surface area contributed by atoms with Crippen LogP contribution in [0.15, 0.2) is 36.4 Å². The molecule has 3 heterocycles. The third-order valence-electron chi connectivity index (χ3n) is 9.62. The summed E-state index contributed by atoms with van der Waals surface area (Å²) in [7, 11) is 0. The highest BCUT2D eigenvalue weighted by Gasteiger charge is 2.49.